The molecule has 2 aromatic rings. The molecule has 2 N–H and O–H groups in total. The molecule has 0 radical (unpaired) electrons. The maximum atomic E-state index is 12.5. The fourth-order valence-electron chi connectivity index (χ4n) is 1.71. The van der Waals surface area contributed by atoms with E-state index in [2.05, 4.69) is 21.0 Å². The summed E-state index contributed by atoms with van der Waals surface area (Å²) in [4.78, 5) is 12.5. The molecule has 100 valence electrons. The Morgan fingerprint density at radius 2 is 2.11 bits per heavy atom. The third-order valence-corrected chi connectivity index (χ3v) is 3.27. The summed E-state index contributed by atoms with van der Waals surface area (Å²) in [5.41, 5.74) is 7.34. The number of carbonyl (C=O) groups excluding carboxylic acids is 1. The highest BCUT2D eigenvalue weighted by molar-refractivity contribution is 9.10. The number of methoxy groups -OCH3 is 1. The molecule has 1 heterocycles. The van der Waals surface area contributed by atoms with Gasteiger partial charge in [-0.25, -0.2) is 0 Å². The van der Waals surface area contributed by atoms with Gasteiger partial charge < -0.3 is 10.5 Å². The van der Waals surface area contributed by atoms with E-state index in [0.29, 0.717) is 34.6 Å². The predicted octanol–water partition coefficient (Wildman–Crippen LogP) is 2.11. The number of hydrogen-bond donors (Lipinski definition) is 1. The minimum Gasteiger partial charge on any atom is -0.399 e. The van der Waals surface area contributed by atoms with Crippen molar-refractivity contribution in [2.45, 2.75) is 6.54 Å². The number of rotatable bonds is 5. The Kier molecular flexibility index (Phi) is 4.34. The molecule has 0 amide bonds. The van der Waals surface area contributed by atoms with Crippen molar-refractivity contribution in [3.8, 4) is 0 Å². The Morgan fingerprint density at radius 3 is 2.74 bits per heavy atom. The third-order valence-electron chi connectivity index (χ3n) is 2.69. The van der Waals surface area contributed by atoms with Crippen molar-refractivity contribution >= 4 is 27.4 Å². The van der Waals surface area contributed by atoms with Crippen molar-refractivity contribution in [1.82, 2.24) is 9.78 Å². The first-order valence-electron chi connectivity index (χ1n) is 5.74. The van der Waals surface area contributed by atoms with Crippen LogP contribution in [0.15, 0.2) is 34.9 Å². The molecule has 0 unspecified atom stereocenters. The number of aromatic nitrogens is 2. The zero-order chi connectivity index (χ0) is 13.8. The lowest BCUT2D eigenvalue weighted by atomic mass is 10.1. The van der Waals surface area contributed by atoms with E-state index in [1.165, 1.54) is 0 Å². The van der Waals surface area contributed by atoms with E-state index >= 15 is 0 Å². The molecule has 0 saturated carbocycles. The van der Waals surface area contributed by atoms with Gasteiger partial charge in [-0.2, -0.15) is 5.10 Å². The van der Waals surface area contributed by atoms with Crippen LogP contribution in [0, 0.1) is 0 Å². The minimum absolute atomic E-state index is 0.0968. The van der Waals surface area contributed by atoms with E-state index in [0.717, 1.165) is 0 Å². The smallest absolute Gasteiger partial charge is 0.212 e. The van der Waals surface area contributed by atoms with Gasteiger partial charge in [0.1, 0.15) is 5.69 Å². The van der Waals surface area contributed by atoms with Crippen LogP contribution in [0.2, 0.25) is 0 Å². The second-order valence-corrected chi connectivity index (χ2v) is 4.86. The Bertz CT molecular complexity index is 578. The molecule has 1 aromatic heterocycles. The van der Waals surface area contributed by atoms with Crippen LogP contribution in [-0.4, -0.2) is 29.3 Å². The lowest BCUT2D eigenvalue weighted by Gasteiger charge is -2.07. The van der Waals surface area contributed by atoms with Crippen molar-refractivity contribution in [3.63, 3.8) is 0 Å². The Hall–Kier alpha value is -1.66. The number of carbonyl (C=O) groups is 1. The van der Waals surface area contributed by atoms with Gasteiger partial charge in [0.2, 0.25) is 5.78 Å². The molecule has 0 aliphatic rings. The summed E-state index contributed by atoms with van der Waals surface area (Å²) in [6.45, 7) is 1.02. The van der Waals surface area contributed by atoms with Gasteiger partial charge in [-0.15, -0.1) is 0 Å². The first kappa shape index (κ1) is 13.8. The molecule has 0 spiro atoms. The van der Waals surface area contributed by atoms with Gasteiger partial charge in [-0.1, -0.05) is 0 Å². The molecule has 0 fully saturated rings. The molecular formula is C13H14BrN3O2. The molecule has 0 saturated heterocycles. The first-order valence-corrected chi connectivity index (χ1v) is 6.53. The number of hydrogen-bond acceptors (Lipinski definition) is 4. The van der Waals surface area contributed by atoms with Gasteiger partial charge in [-0.05, 0) is 40.2 Å². The maximum absolute atomic E-state index is 12.5. The summed E-state index contributed by atoms with van der Waals surface area (Å²) in [6.07, 6.45) is 1.61. The summed E-state index contributed by atoms with van der Waals surface area (Å²) < 4.78 is 7.31. The topological polar surface area (TPSA) is 70.1 Å². The lowest BCUT2D eigenvalue weighted by molar-refractivity contribution is 0.102. The number of anilines is 1. The standard InChI is InChI=1S/C13H14BrN3O2/c1-19-7-6-17-12(11(14)8-16-17)13(18)9-2-4-10(15)5-3-9/h2-5,8H,6-7,15H2,1H3. The summed E-state index contributed by atoms with van der Waals surface area (Å²) in [6, 6.07) is 6.82. The number of benzene rings is 1. The van der Waals surface area contributed by atoms with Crippen LogP contribution in [0.4, 0.5) is 5.69 Å². The Balaban J connectivity index is 2.32. The van der Waals surface area contributed by atoms with Gasteiger partial charge >= 0.3 is 0 Å². The molecule has 6 heteroatoms. The largest absolute Gasteiger partial charge is 0.399 e. The molecule has 5 nitrogen and oxygen atoms in total. The van der Waals surface area contributed by atoms with Crippen LogP contribution in [0.1, 0.15) is 16.1 Å². The van der Waals surface area contributed by atoms with Gasteiger partial charge in [0, 0.05) is 18.4 Å². The van der Waals surface area contributed by atoms with Gasteiger partial charge in [0.15, 0.2) is 0 Å². The molecule has 19 heavy (non-hydrogen) atoms. The van der Waals surface area contributed by atoms with E-state index < -0.39 is 0 Å². The molecule has 1 aromatic carbocycles. The van der Waals surface area contributed by atoms with Crippen molar-refractivity contribution in [2.75, 3.05) is 19.5 Å². The zero-order valence-electron chi connectivity index (χ0n) is 10.5. The fraction of sp³-hybridized carbons (Fsp3) is 0.231. The van der Waals surface area contributed by atoms with Crippen molar-refractivity contribution < 1.29 is 9.53 Å². The SMILES string of the molecule is COCCn1ncc(Br)c1C(=O)c1ccc(N)cc1. The predicted molar refractivity (Wildman–Crippen MR) is 76.1 cm³/mol. The average Bonchev–Trinajstić information content (AvgIpc) is 2.77. The highest BCUT2D eigenvalue weighted by Crippen LogP contribution is 2.20. The van der Waals surface area contributed by atoms with E-state index in [1.807, 2.05) is 0 Å². The van der Waals surface area contributed by atoms with Gasteiger partial charge in [-0.3, -0.25) is 9.48 Å². The maximum Gasteiger partial charge on any atom is 0.212 e. The Labute approximate surface area is 119 Å². The molecule has 0 aliphatic heterocycles. The molecule has 2 rings (SSSR count). The third kappa shape index (κ3) is 3.02. The van der Waals surface area contributed by atoms with Gasteiger partial charge in [0.05, 0.1) is 23.8 Å². The number of halogens is 1. The van der Waals surface area contributed by atoms with Gasteiger partial charge in [0.25, 0.3) is 0 Å². The van der Waals surface area contributed by atoms with Crippen LogP contribution in [0.25, 0.3) is 0 Å². The number of nitrogens with zero attached hydrogens (tertiary/aromatic N) is 2. The summed E-state index contributed by atoms with van der Waals surface area (Å²) in [7, 11) is 1.61. The van der Waals surface area contributed by atoms with E-state index in [4.69, 9.17) is 10.5 Å². The van der Waals surface area contributed by atoms with Crippen LogP contribution < -0.4 is 5.73 Å². The number of nitrogens with two attached hydrogens (primary N) is 1. The van der Waals surface area contributed by atoms with Crippen LogP contribution in [-0.2, 0) is 11.3 Å². The normalized spacial score (nSPS) is 10.6. The second-order valence-electron chi connectivity index (χ2n) is 4.01. The van der Waals surface area contributed by atoms with Crippen LogP contribution >= 0.6 is 15.9 Å². The number of ketones is 1. The highest BCUT2D eigenvalue weighted by atomic mass is 79.9. The van der Waals surface area contributed by atoms with Crippen molar-refractivity contribution in [1.29, 1.82) is 0 Å². The molecule has 0 bridgehead atoms. The van der Waals surface area contributed by atoms with Crippen molar-refractivity contribution in [3.05, 3.63) is 46.2 Å². The zero-order valence-corrected chi connectivity index (χ0v) is 12.1. The van der Waals surface area contributed by atoms with Crippen molar-refractivity contribution in [2.24, 2.45) is 0 Å². The van der Waals surface area contributed by atoms with Crippen LogP contribution in [0.3, 0.4) is 0 Å². The average molecular weight is 324 g/mol. The highest BCUT2D eigenvalue weighted by Gasteiger charge is 2.18. The molecule has 0 aliphatic carbocycles. The van der Waals surface area contributed by atoms with E-state index in [9.17, 15) is 4.79 Å². The number of ether oxygens (including phenoxy) is 1. The molecular weight excluding hydrogens is 310 g/mol. The first-order chi connectivity index (χ1) is 9.13. The van der Waals surface area contributed by atoms with Crippen LogP contribution in [0.5, 0.6) is 0 Å². The second kappa shape index (κ2) is 5.99. The fourth-order valence-corrected chi connectivity index (χ4v) is 2.18. The monoisotopic (exact) mass is 323 g/mol. The quantitative estimate of drug-likeness (QED) is 0.675. The van der Waals surface area contributed by atoms with E-state index in [-0.39, 0.29) is 5.78 Å². The minimum atomic E-state index is -0.0968. The number of nitrogen functional groups attached to an aromatic ring is 1. The molecule has 0 atom stereocenters. The lowest BCUT2D eigenvalue weighted by Crippen LogP contribution is -2.14. The summed E-state index contributed by atoms with van der Waals surface area (Å²) in [5.74, 6) is -0.0968. The van der Waals surface area contributed by atoms with E-state index in [1.54, 1.807) is 42.3 Å². The summed E-state index contributed by atoms with van der Waals surface area (Å²) in [5, 5.41) is 4.16. The Morgan fingerprint density at radius 1 is 1.42 bits per heavy atom. The summed E-state index contributed by atoms with van der Waals surface area (Å²) >= 11 is 3.35.